The van der Waals surface area contributed by atoms with Crippen molar-refractivity contribution in [2.45, 2.75) is 20.1 Å². The predicted octanol–water partition coefficient (Wildman–Crippen LogP) is 1.66. The van der Waals surface area contributed by atoms with Crippen molar-refractivity contribution in [3.8, 4) is 5.75 Å². The van der Waals surface area contributed by atoms with Gasteiger partial charge in [-0.1, -0.05) is 0 Å². The maximum atomic E-state index is 13.4. The van der Waals surface area contributed by atoms with E-state index in [-0.39, 0.29) is 17.9 Å². The van der Waals surface area contributed by atoms with Gasteiger partial charge in [-0.15, -0.1) is 0 Å². The molecule has 1 aromatic rings. The van der Waals surface area contributed by atoms with Crippen LogP contribution in [-0.4, -0.2) is 37.1 Å². The number of carbonyl (C=O) groups excluding carboxylic acids is 1. The van der Waals surface area contributed by atoms with E-state index in [0.29, 0.717) is 13.2 Å². The standard InChI is InChI=1S/C13H18FNO4/c1-3-18-12(19-4-2)8-15-13(17)10-6-5-9(16)7-11(10)14/h5-7,12,16H,3-4,8H2,1-2H3,(H,15,17). The third-order valence-electron chi connectivity index (χ3n) is 2.33. The lowest BCUT2D eigenvalue weighted by molar-refractivity contribution is -0.131. The van der Waals surface area contributed by atoms with Crippen LogP contribution in [0.25, 0.3) is 0 Å². The molecule has 1 rings (SSSR count). The van der Waals surface area contributed by atoms with E-state index in [0.717, 1.165) is 6.07 Å². The fraction of sp³-hybridized carbons (Fsp3) is 0.462. The highest BCUT2D eigenvalue weighted by molar-refractivity contribution is 5.94. The average molecular weight is 271 g/mol. The zero-order chi connectivity index (χ0) is 14.3. The van der Waals surface area contributed by atoms with E-state index < -0.39 is 18.0 Å². The molecule has 6 heteroatoms. The Balaban J connectivity index is 2.58. The molecule has 0 saturated heterocycles. The first-order valence-electron chi connectivity index (χ1n) is 6.08. The van der Waals surface area contributed by atoms with Crippen molar-refractivity contribution in [2.75, 3.05) is 19.8 Å². The maximum absolute atomic E-state index is 13.4. The molecule has 19 heavy (non-hydrogen) atoms. The third kappa shape index (κ3) is 4.84. The van der Waals surface area contributed by atoms with Crippen LogP contribution in [0, 0.1) is 5.82 Å². The van der Waals surface area contributed by atoms with Gasteiger partial charge >= 0.3 is 0 Å². The van der Waals surface area contributed by atoms with Gasteiger partial charge in [0, 0.05) is 19.3 Å². The number of phenols is 1. The van der Waals surface area contributed by atoms with E-state index in [1.807, 2.05) is 13.8 Å². The molecule has 0 unspecified atom stereocenters. The maximum Gasteiger partial charge on any atom is 0.254 e. The van der Waals surface area contributed by atoms with Gasteiger partial charge in [0.25, 0.3) is 5.91 Å². The van der Waals surface area contributed by atoms with Gasteiger partial charge in [-0.3, -0.25) is 4.79 Å². The van der Waals surface area contributed by atoms with Crippen molar-refractivity contribution in [2.24, 2.45) is 0 Å². The Bertz CT molecular complexity index is 419. The summed E-state index contributed by atoms with van der Waals surface area (Å²) in [6.45, 7) is 4.66. The van der Waals surface area contributed by atoms with Crippen LogP contribution in [0.3, 0.4) is 0 Å². The van der Waals surface area contributed by atoms with Gasteiger partial charge in [0.1, 0.15) is 11.6 Å². The number of aromatic hydroxyl groups is 1. The highest BCUT2D eigenvalue weighted by Gasteiger charge is 2.14. The van der Waals surface area contributed by atoms with Crippen LogP contribution in [0.15, 0.2) is 18.2 Å². The third-order valence-corrected chi connectivity index (χ3v) is 2.33. The Labute approximate surface area is 111 Å². The van der Waals surface area contributed by atoms with Crippen molar-refractivity contribution in [3.63, 3.8) is 0 Å². The Kier molecular flexibility index (Phi) is 6.24. The minimum Gasteiger partial charge on any atom is -0.508 e. The van der Waals surface area contributed by atoms with E-state index in [9.17, 15) is 9.18 Å². The van der Waals surface area contributed by atoms with Gasteiger partial charge in [-0.2, -0.15) is 0 Å². The van der Waals surface area contributed by atoms with Crippen molar-refractivity contribution < 1.29 is 23.8 Å². The number of amides is 1. The zero-order valence-electron chi connectivity index (χ0n) is 11.0. The Morgan fingerprint density at radius 1 is 1.37 bits per heavy atom. The fourth-order valence-electron chi connectivity index (χ4n) is 1.50. The molecule has 0 aliphatic carbocycles. The molecular formula is C13H18FNO4. The Hall–Kier alpha value is -1.66. The molecule has 0 aromatic heterocycles. The molecule has 0 saturated carbocycles. The summed E-state index contributed by atoms with van der Waals surface area (Å²) >= 11 is 0. The van der Waals surface area contributed by atoms with Crippen molar-refractivity contribution in [1.29, 1.82) is 0 Å². The molecule has 0 fully saturated rings. The number of carbonyl (C=O) groups is 1. The van der Waals surface area contributed by atoms with Gasteiger partial charge in [-0.05, 0) is 26.0 Å². The first-order chi connectivity index (χ1) is 9.08. The second kappa shape index (κ2) is 7.70. The highest BCUT2D eigenvalue weighted by atomic mass is 19.1. The fourth-order valence-corrected chi connectivity index (χ4v) is 1.50. The van der Waals surface area contributed by atoms with E-state index in [4.69, 9.17) is 14.6 Å². The summed E-state index contributed by atoms with van der Waals surface area (Å²) in [6.07, 6.45) is -0.556. The molecule has 0 radical (unpaired) electrons. The van der Waals surface area contributed by atoms with Crippen molar-refractivity contribution >= 4 is 5.91 Å². The molecule has 106 valence electrons. The number of benzene rings is 1. The van der Waals surface area contributed by atoms with Gasteiger partial charge in [0.15, 0.2) is 6.29 Å². The average Bonchev–Trinajstić information content (AvgIpc) is 2.36. The van der Waals surface area contributed by atoms with E-state index in [1.165, 1.54) is 12.1 Å². The van der Waals surface area contributed by atoms with Crippen LogP contribution < -0.4 is 5.32 Å². The molecule has 5 nitrogen and oxygen atoms in total. The summed E-state index contributed by atoms with van der Waals surface area (Å²) in [5, 5.41) is 11.6. The number of halogens is 1. The highest BCUT2D eigenvalue weighted by Crippen LogP contribution is 2.14. The largest absolute Gasteiger partial charge is 0.508 e. The second-order valence-electron chi connectivity index (χ2n) is 3.71. The van der Waals surface area contributed by atoms with Crippen LogP contribution >= 0.6 is 0 Å². The molecule has 1 amide bonds. The number of nitrogens with one attached hydrogen (secondary N) is 1. The van der Waals surface area contributed by atoms with Gasteiger partial charge in [0.05, 0.1) is 12.1 Å². The first-order valence-corrected chi connectivity index (χ1v) is 6.08. The topological polar surface area (TPSA) is 67.8 Å². The zero-order valence-corrected chi connectivity index (χ0v) is 11.0. The summed E-state index contributed by atoms with van der Waals surface area (Å²) in [6, 6.07) is 3.36. The molecule has 2 N–H and O–H groups in total. The summed E-state index contributed by atoms with van der Waals surface area (Å²) in [7, 11) is 0. The van der Waals surface area contributed by atoms with E-state index >= 15 is 0 Å². The number of ether oxygens (including phenoxy) is 2. The molecule has 0 atom stereocenters. The second-order valence-corrected chi connectivity index (χ2v) is 3.71. The lowest BCUT2D eigenvalue weighted by Crippen LogP contribution is -2.35. The molecule has 0 heterocycles. The van der Waals surface area contributed by atoms with Crippen LogP contribution in [0.2, 0.25) is 0 Å². The van der Waals surface area contributed by atoms with Gasteiger partial charge in [0.2, 0.25) is 0 Å². The lowest BCUT2D eigenvalue weighted by Gasteiger charge is -2.17. The monoisotopic (exact) mass is 271 g/mol. The minimum absolute atomic E-state index is 0.126. The van der Waals surface area contributed by atoms with Gasteiger partial charge < -0.3 is 19.9 Å². The van der Waals surface area contributed by atoms with E-state index in [2.05, 4.69) is 5.32 Å². The van der Waals surface area contributed by atoms with Crippen LogP contribution in [0.4, 0.5) is 4.39 Å². The first kappa shape index (κ1) is 15.4. The molecular weight excluding hydrogens is 253 g/mol. The Morgan fingerprint density at radius 2 is 2.00 bits per heavy atom. The number of hydrogen-bond acceptors (Lipinski definition) is 4. The Morgan fingerprint density at radius 3 is 2.53 bits per heavy atom. The number of hydrogen-bond donors (Lipinski definition) is 2. The molecule has 1 aromatic carbocycles. The quantitative estimate of drug-likeness (QED) is 0.740. The predicted molar refractivity (Wildman–Crippen MR) is 67.4 cm³/mol. The van der Waals surface area contributed by atoms with Crippen LogP contribution in [-0.2, 0) is 9.47 Å². The lowest BCUT2D eigenvalue weighted by atomic mass is 10.2. The van der Waals surface area contributed by atoms with Gasteiger partial charge in [-0.25, -0.2) is 4.39 Å². The summed E-state index contributed by atoms with van der Waals surface area (Å²) in [5.41, 5.74) is -0.135. The summed E-state index contributed by atoms with van der Waals surface area (Å²) in [4.78, 5) is 11.7. The minimum atomic E-state index is -0.776. The molecule has 0 bridgehead atoms. The molecule has 0 spiro atoms. The summed E-state index contributed by atoms with van der Waals surface area (Å²) in [5.74, 6) is -1.58. The number of rotatable bonds is 7. The normalized spacial score (nSPS) is 10.7. The van der Waals surface area contributed by atoms with Crippen molar-refractivity contribution in [3.05, 3.63) is 29.6 Å². The SMILES string of the molecule is CCOC(CNC(=O)c1ccc(O)cc1F)OCC. The van der Waals surface area contributed by atoms with Crippen LogP contribution in [0.1, 0.15) is 24.2 Å². The number of phenolic OH excluding ortho intramolecular Hbond substituents is 1. The smallest absolute Gasteiger partial charge is 0.254 e. The van der Waals surface area contributed by atoms with Crippen LogP contribution in [0.5, 0.6) is 5.75 Å². The van der Waals surface area contributed by atoms with E-state index in [1.54, 1.807) is 0 Å². The summed E-state index contributed by atoms with van der Waals surface area (Å²) < 4.78 is 23.9. The van der Waals surface area contributed by atoms with Crippen molar-refractivity contribution in [1.82, 2.24) is 5.32 Å². The molecule has 0 aliphatic heterocycles. The molecule has 0 aliphatic rings.